The molecule has 0 amide bonds. The van der Waals surface area contributed by atoms with Gasteiger partial charge in [0.2, 0.25) is 0 Å². The molecule has 5 heteroatoms. The van der Waals surface area contributed by atoms with Gasteiger partial charge in [0.25, 0.3) is 0 Å². The summed E-state index contributed by atoms with van der Waals surface area (Å²) in [6.07, 6.45) is 0. The maximum absolute atomic E-state index is 13.9. The molecule has 92 valence electrons. The van der Waals surface area contributed by atoms with Gasteiger partial charge in [0.05, 0.1) is 10.0 Å². The van der Waals surface area contributed by atoms with Gasteiger partial charge >= 0.3 is 0 Å². The molecule has 2 aromatic rings. The van der Waals surface area contributed by atoms with Crippen molar-refractivity contribution in [2.45, 2.75) is 0 Å². The van der Waals surface area contributed by atoms with E-state index in [2.05, 4.69) is 54.5 Å². The third-order valence-electron chi connectivity index (χ3n) is 2.37. The molecule has 0 aliphatic rings. The smallest absolute Gasteiger partial charge is 0.197 e. The van der Waals surface area contributed by atoms with Gasteiger partial charge < -0.3 is 0 Å². The molecule has 0 N–H and O–H groups in total. The molecule has 2 aromatic carbocycles. The molecule has 0 radical (unpaired) electrons. The van der Waals surface area contributed by atoms with Crippen LogP contribution in [0.5, 0.6) is 0 Å². The van der Waals surface area contributed by atoms with Crippen LogP contribution >= 0.6 is 54.5 Å². The van der Waals surface area contributed by atoms with Crippen molar-refractivity contribution in [2.75, 3.05) is 0 Å². The summed E-state index contributed by atoms with van der Waals surface area (Å²) in [4.78, 5) is 12.3. The molecule has 0 heterocycles. The second kappa shape index (κ2) is 5.79. The van der Waals surface area contributed by atoms with Gasteiger partial charge in [-0.25, -0.2) is 4.39 Å². The first-order valence-electron chi connectivity index (χ1n) is 4.94. The molecule has 18 heavy (non-hydrogen) atoms. The van der Waals surface area contributed by atoms with E-state index in [1.165, 1.54) is 6.07 Å². The third kappa shape index (κ3) is 2.83. The van der Waals surface area contributed by atoms with Crippen molar-refractivity contribution in [1.29, 1.82) is 0 Å². The monoisotopic (exact) mass is 482 g/mol. The molecule has 0 saturated carbocycles. The zero-order chi connectivity index (χ0) is 13.3. The van der Waals surface area contributed by atoms with Gasteiger partial charge in [0.1, 0.15) is 5.82 Å². The molecule has 0 aliphatic carbocycles. The number of carbonyl (C=O) groups is 1. The maximum atomic E-state index is 13.9. The van der Waals surface area contributed by atoms with E-state index in [-0.39, 0.29) is 15.8 Å². The van der Waals surface area contributed by atoms with Gasteiger partial charge in [-0.05, 0) is 68.9 Å². The molecule has 0 spiro atoms. The Morgan fingerprint density at radius 3 is 2.50 bits per heavy atom. The summed E-state index contributed by atoms with van der Waals surface area (Å²) in [5.74, 6) is -0.868. The van der Waals surface area contributed by atoms with Crippen molar-refractivity contribution in [2.24, 2.45) is 0 Å². The Labute approximate surface area is 134 Å². The van der Waals surface area contributed by atoms with Gasteiger partial charge in [0.15, 0.2) is 5.78 Å². The Kier molecular flexibility index (Phi) is 4.55. The van der Waals surface area contributed by atoms with Crippen LogP contribution in [-0.2, 0) is 0 Å². The number of benzene rings is 2. The first kappa shape index (κ1) is 14.1. The number of rotatable bonds is 2. The highest BCUT2D eigenvalue weighted by molar-refractivity contribution is 14.1. The van der Waals surface area contributed by atoms with E-state index in [9.17, 15) is 9.18 Å². The summed E-state index contributed by atoms with van der Waals surface area (Å²) in [6, 6.07) is 10.1. The van der Waals surface area contributed by atoms with E-state index >= 15 is 0 Å². The zero-order valence-corrected chi connectivity index (χ0v) is 14.2. The lowest BCUT2D eigenvalue weighted by Gasteiger charge is -2.06. The van der Waals surface area contributed by atoms with Crippen LogP contribution in [0.15, 0.2) is 45.3 Å². The number of carbonyl (C=O) groups excluding carboxylic acids is 1. The SMILES string of the molecule is O=C(c1cc(I)ccc1Br)c1cccc(Br)c1F. The fourth-order valence-electron chi connectivity index (χ4n) is 1.50. The Hall–Kier alpha value is -0.270. The average molecular weight is 484 g/mol. The minimum Gasteiger partial charge on any atom is -0.288 e. The molecule has 0 atom stereocenters. The van der Waals surface area contributed by atoms with Gasteiger partial charge in [-0.2, -0.15) is 0 Å². The van der Waals surface area contributed by atoms with Crippen LogP contribution < -0.4 is 0 Å². The van der Waals surface area contributed by atoms with Crippen molar-refractivity contribution in [3.63, 3.8) is 0 Å². The van der Waals surface area contributed by atoms with Gasteiger partial charge in [-0.1, -0.05) is 22.0 Å². The summed E-state index contributed by atoms with van der Waals surface area (Å²) in [7, 11) is 0. The standard InChI is InChI=1S/C13H6Br2FIO/c14-10-5-4-7(17)6-9(10)13(18)8-2-1-3-11(15)12(8)16/h1-6H. The van der Waals surface area contributed by atoms with Crippen molar-refractivity contribution < 1.29 is 9.18 Å². The third-order valence-corrected chi connectivity index (χ3v) is 4.34. The van der Waals surface area contributed by atoms with Crippen molar-refractivity contribution in [3.05, 3.63) is 65.9 Å². The molecule has 2 rings (SSSR count). The highest BCUT2D eigenvalue weighted by Crippen LogP contribution is 2.26. The van der Waals surface area contributed by atoms with Crippen LogP contribution in [0.2, 0.25) is 0 Å². The Balaban J connectivity index is 2.55. The fourth-order valence-corrected chi connectivity index (χ4v) is 2.78. The topological polar surface area (TPSA) is 17.1 Å². The highest BCUT2D eigenvalue weighted by Gasteiger charge is 2.18. The summed E-state index contributed by atoms with van der Waals surface area (Å²) < 4.78 is 15.8. The molecule has 1 nitrogen and oxygen atoms in total. The summed E-state index contributed by atoms with van der Waals surface area (Å²) in [6.45, 7) is 0. The molecule has 0 saturated heterocycles. The molecule has 0 aromatic heterocycles. The van der Waals surface area contributed by atoms with Crippen LogP contribution in [0.4, 0.5) is 4.39 Å². The number of ketones is 1. The Bertz CT molecular complexity index is 624. The second-order valence-electron chi connectivity index (χ2n) is 3.55. The van der Waals surface area contributed by atoms with Crippen molar-refractivity contribution >= 4 is 60.2 Å². The fraction of sp³-hybridized carbons (Fsp3) is 0. The lowest BCUT2D eigenvalue weighted by Crippen LogP contribution is -2.06. The van der Waals surface area contributed by atoms with Crippen LogP contribution in [0.25, 0.3) is 0 Å². The second-order valence-corrected chi connectivity index (χ2v) is 6.51. The van der Waals surface area contributed by atoms with Gasteiger partial charge in [-0.15, -0.1) is 0 Å². The lowest BCUT2D eigenvalue weighted by molar-refractivity contribution is 0.103. The number of halogens is 4. The van der Waals surface area contributed by atoms with E-state index < -0.39 is 5.82 Å². The van der Waals surface area contributed by atoms with E-state index in [0.29, 0.717) is 10.0 Å². The summed E-state index contributed by atoms with van der Waals surface area (Å²) in [5.41, 5.74) is 0.519. The quantitative estimate of drug-likeness (QED) is 0.424. The molecule has 0 aliphatic heterocycles. The molecule has 0 fully saturated rings. The van der Waals surface area contributed by atoms with E-state index in [1.54, 1.807) is 24.3 Å². The highest BCUT2D eigenvalue weighted by atomic mass is 127. The van der Waals surface area contributed by atoms with E-state index in [4.69, 9.17) is 0 Å². The van der Waals surface area contributed by atoms with Crippen molar-refractivity contribution in [3.8, 4) is 0 Å². The first-order valence-corrected chi connectivity index (χ1v) is 7.61. The predicted molar refractivity (Wildman–Crippen MR) is 84.4 cm³/mol. The van der Waals surface area contributed by atoms with E-state index in [1.807, 2.05) is 6.07 Å². The summed E-state index contributed by atoms with van der Waals surface area (Å²) >= 11 is 8.51. The summed E-state index contributed by atoms with van der Waals surface area (Å²) in [5, 5.41) is 0. The van der Waals surface area contributed by atoms with Gasteiger partial charge in [0, 0.05) is 13.6 Å². The zero-order valence-electron chi connectivity index (χ0n) is 8.88. The maximum Gasteiger partial charge on any atom is 0.197 e. The number of hydrogen-bond acceptors (Lipinski definition) is 1. The molecule has 0 bridgehead atoms. The van der Waals surface area contributed by atoms with Crippen LogP contribution in [0.1, 0.15) is 15.9 Å². The molecular weight excluding hydrogens is 478 g/mol. The van der Waals surface area contributed by atoms with Gasteiger partial charge in [-0.3, -0.25) is 4.79 Å². The molecular formula is C13H6Br2FIO. The first-order chi connectivity index (χ1) is 8.50. The Morgan fingerprint density at radius 2 is 1.78 bits per heavy atom. The van der Waals surface area contributed by atoms with E-state index in [0.717, 1.165) is 3.57 Å². The predicted octanol–water partition coefficient (Wildman–Crippen LogP) is 5.19. The minimum absolute atomic E-state index is 0.0621. The normalized spacial score (nSPS) is 10.4. The average Bonchev–Trinajstić information content (AvgIpc) is 2.35. The Morgan fingerprint density at radius 1 is 1.06 bits per heavy atom. The largest absolute Gasteiger partial charge is 0.288 e. The van der Waals surface area contributed by atoms with Crippen molar-refractivity contribution in [1.82, 2.24) is 0 Å². The lowest BCUT2D eigenvalue weighted by atomic mass is 10.0. The van der Waals surface area contributed by atoms with Crippen LogP contribution in [0.3, 0.4) is 0 Å². The van der Waals surface area contributed by atoms with Crippen LogP contribution in [0, 0.1) is 9.39 Å². The minimum atomic E-state index is -0.534. The number of hydrogen-bond donors (Lipinski definition) is 0. The van der Waals surface area contributed by atoms with Crippen LogP contribution in [-0.4, -0.2) is 5.78 Å². The molecule has 0 unspecified atom stereocenters.